The van der Waals surface area contributed by atoms with Gasteiger partial charge in [-0.2, -0.15) is 4.31 Å². The molecule has 0 bridgehead atoms. The lowest BCUT2D eigenvalue weighted by Gasteiger charge is -2.20. The van der Waals surface area contributed by atoms with Crippen LogP contribution in [0.5, 0.6) is 0 Å². The van der Waals surface area contributed by atoms with E-state index in [1.54, 1.807) is 24.5 Å². The van der Waals surface area contributed by atoms with Crippen molar-refractivity contribution >= 4 is 10.0 Å². The summed E-state index contributed by atoms with van der Waals surface area (Å²) >= 11 is 0. The minimum absolute atomic E-state index is 0.355. The molecule has 23 heavy (non-hydrogen) atoms. The van der Waals surface area contributed by atoms with E-state index in [2.05, 4.69) is 11.9 Å². The van der Waals surface area contributed by atoms with E-state index >= 15 is 0 Å². The molecular formula is C18H24N2O2S. The number of sulfonamides is 1. The van der Waals surface area contributed by atoms with Gasteiger partial charge in [-0.3, -0.25) is 4.98 Å². The smallest absolute Gasteiger partial charge is 0.243 e. The highest BCUT2D eigenvalue weighted by atomic mass is 32.2. The molecule has 124 valence electrons. The molecule has 0 radical (unpaired) electrons. The van der Waals surface area contributed by atoms with Crippen molar-refractivity contribution in [1.29, 1.82) is 0 Å². The summed E-state index contributed by atoms with van der Waals surface area (Å²) < 4.78 is 27.1. The number of hydrogen-bond acceptors (Lipinski definition) is 3. The van der Waals surface area contributed by atoms with Crippen LogP contribution in [0, 0.1) is 0 Å². The molecule has 0 aliphatic rings. The van der Waals surface area contributed by atoms with Crippen molar-refractivity contribution < 1.29 is 8.42 Å². The Hall–Kier alpha value is -1.72. The molecule has 1 aromatic carbocycles. The second-order valence-corrected chi connectivity index (χ2v) is 7.47. The van der Waals surface area contributed by atoms with E-state index in [0.29, 0.717) is 18.0 Å². The van der Waals surface area contributed by atoms with Crippen molar-refractivity contribution in [3.05, 3.63) is 59.9 Å². The van der Waals surface area contributed by atoms with Crippen LogP contribution in [0.4, 0.5) is 0 Å². The van der Waals surface area contributed by atoms with Crippen LogP contribution < -0.4 is 0 Å². The second kappa shape index (κ2) is 8.22. The van der Waals surface area contributed by atoms with E-state index in [1.807, 2.05) is 31.2 Å². The summed E-state index contributed by atoms with van der Waals surface area (Å²) in [5, 5.41) is 0. The molecule has 0 atom stereocenters. The average molecular weight is 332 g/mol. The van der Waals surface area contributed by atoms with Gasteiger partial charge in [0.15, 0.2) is 0 Å². The van der Waals surface area contributed by atoms with Gasteiger partial charge in [-0.05, 0) is 48.2 Å². The number of rotatable bonds is 8. The van der Waals surface area contributed by atoms with Crippen LogP contribution in [0.25, 0.3) is 0 Å². The first-order valence-electron chi connectivity index (χ1n) is 8.06. The quantitative estimate of drug-likeness (QED) is 0.741. The van der Waals surface area contributed by atoms with Gasteiger partial charge in [0, 0.05) is 25.5 Å². The zero-order valence-corrected chi connectivity index (χ0v) is 14.6. The number of hydrogen-bond donors (Lipinski definition) is 0. The van der Waals surface area contributed by atoms with Gasteiger partial charge in [-0.25, -0.2) is 8.42 Å². The van der Waals surface area contributed by atoms with Gasteiger partial charge in [0.25, 0.3) is 0 Å². The Morgan fingerprint density at radius 1 is 0.957 bits per heavy atom. The molecular weight excluding hydrogens is 308 g/mol. The predicted octanol–water partition coefficient (Wildman–Crippen LogP) is 3.64. The Balaban J connectivity index is 2.17. The van der Waals surface area contributed by atoms with E-state index in [0.717, 1.165) is 24.8 Å². The predicted molar refractivity (Wildman–Crippen MR) is 92.6 cm³/mol. The van der Waals surface area contributed by atoms with Crippen LogP contribution in [0.2, 0.25) is 0 Å². The van der Waals surface area contributed by atoms with E-state index < -0.39 is 10.0 Å². The summed E-state index contributed by atoms with van der Waals surface area (Å²) in [6.45, 7) is 4.80. The van der Waals surface area contributed by atoms with E-state index in [1.165, 1.54) is 9.87 Å². The zero-order chi connectivity index (χ0) is 16.7. The third-order valence-corrected chi connectivity index (χ3v) is 5.78. The van der Waals surface area contributed by atoms with Crippen molar-refractivity contribution in [2.75, 3.05) is 6.54 Å². The van der Waals surface area contributed by atoms with Crippen molar-refractivity contribution in [3.8, 4) is 0 Å². The molecule has 0 aliphatic heterocycles. The molecule has 0 amide bonds. The summed E-state index contributed by atoms with van der Waals surface area (Å²) in [6.07, 6.45) is 6.60. The Kier molecular flexibility index (Phi) is 6.30. The Labute approximate surface area is 139 Å². The number of pyridine rings is 1. The zero-order valence-electron chi connectivity index (χ0n) is 13.8. The minimum Gasteiger partial charge on any atom is -0.265 e. The number of nitrogens with zero attached hydrogens (tertiary/aromatic N) is 2. The molecule has 5 heteroatoms. The highest BCUT2D eigenvalue weighted by Gasteiger charge is 2.23. The van der Waals surface area contributed by atoms with Crippen molar-refractivity contribution in [1.82, 2.24) is 9.29 Å². The largest absolute Gasteiger partial charge is 0.265 e. The normalized spacial score (nSPS) is 11.8. The second-order valence-electron chi connectivity index (χ2n) is 5.53. The third-order valence-electron chi connectivity index (χ3n) is 3.84. The van der Waals surface area contributed by atoms with Gasteiger partial charge in [0.05, 0.1) is 4.90 Å². The van der Waals surface area contributed by atoms with E-state index in [4.69, 9.17) is 0 Å². The van der Waals surface area contributed by atoms with Crippen molar-refractivity contribution in [2.24, 2.45) is 0 Å². The highest BCUT2D eigenvalue weighted by Crippen LogP contribution is 2.19. The van der Waals surface area contributed by atoms with Gasteiger partial charge < -0.3 is 0 Å². The van der Waals surface area contributed by atoms with Crippen LogP contribution in [0.1, 0.15) is 37.8 Å². The molecule has 0 spiro atoms. The summed E-state index contributed by atoms with van der Waals surface area (Å²) in [7, 11) is -3.47. The lowest BCUT2D eigenvalue weighted by atomic mass is 10.1. The molecule has 0 unspecified atom stereocenters. The van der Waals surface area contributed by atoms with Crippen LogP contribution in [-0.2, 0) is 23.0 Å². The van der Waals surface area contributed by atoms with E-state index in [9.17, 15) is 8.42 Å². The van der Waals surface area contributed by atoms with Gasteiger partial charge in [-0.1, -0.05) is 32.4 Å². The maximum Gasteiger partial charge on any atom is 0.243 e. The topological polar surface area (TPSA) is 50.3 Å². The maximum atomic E-state index is 12.8. The fourth-order valence-electron chi connectivity index (χ4n) is 2.42. The van der Waals surface area contributed by atoms with Gasteiger partial charge in [-0.15, -0.1) is 0 Å². The lowest BCUT2D eigenvalue weighted by molar-refractivity contribution is 0.423. The Bertz CT molecular complexity index is 698. The first-order chi connectivity index (χ1) is 11.1. The van der Waals surface area contributed by atoms with Crippen LogP contribution in [0.3, 0.4) is 0 Å². The van der Waals surface area contributed by atoms with Gasteiger partial charge in [0.2, 0.25) is 10.0 Å². The molecule has 4 nitrogen and oxygen atoms in total. The summed E-state index contributed by atoms with van der Waals surface area (Å²) in [6, 6.07) is 11.0. The number of aromatic nitrogens is 1. The highest BCUT2D eigenvalue weighted by molar-refractivity contribution is 7.89. The molecule has 0 saturated carbocycles. The molecule has 0 saturated heterocycles. The van der Waals surface area contributed by atoms with Gasteiger partial charge >= 0.3 is 0 Å². The fourth-order valence-corrected chi connectivity index (χ4v) is 3.85. The first kappa shape index (κ1) is 17.6. The number of aryl methyl sites for hydroxylation is 1. The van der Waals surface area contributed by atoms with Crippen LogP contribution in [0.15, 0.2) is 53.7 Å². The lowest BCUT2D eigenvalue weighted by Crippen LogP contribution is -2.30. The summed E-state index contributed by atoms with van der Waals surface area (Å²) in [4.78, 5) is 4.32. The molecule has 1 heterocycles. The molecule has 0 fully saturated rings. The minimum atomic E-state index is -3.47. The first-order valence-corrected chi connectivity index (χ1v) is 9.50. The Morgan fingerprint density at radius 2 is 1.61 bits per heavy atom. The fraction of sp³-hybridized carbons (Fsp3) is 0.389. The number of unbranched alkanes of at least 4 members (excludes halogenated alkanes) is 1. The van der Waals surface area contributed by atoms with E-state index in [-0.39, 0.29) is 0 Å². The average Bonchev–Trinajstić information content (AvgIpc) is 2.59. The Morgan fingerprint density at radius 3 is 2.17 bits per heavy atom. The van der Waals surface area contributed by atoms with Crippen LogP contribution >= 0.6 is 0 Å². The monoisotopic (exact) mass is 332 g/mol. The molecule has 2 rings (SSSR count). The molecule has 1 aromatic heterocycles. The van der Waals surface area contributed by atoms with Gasteiger partial charge in [0.1, 0.15) is 0 Å². The maximum absolute atomic E-state index is 12.8. The standard InChI is InChI=1S/C18H24N2O2S/c1-3-5-6-16-7-9-18(10-8-16)23(21,22)20(4-2)15-17-11-13-19-14-12-17/h7-14H,3-6,15H2,1-2H3. The SMILES string of the molecule is CCCCc1ccc(S(=O)(=O)N(CC)Cc2ccncc2)cc1. The summed E-state index contributed by atoms with van der Waals surface area (Å²) in [5.41, 5.74) is 2.12. The van der Waals surface area contributed by atoms with Crippen LogP contribution in [-0.4, -0.2) is 24.3 Å². The summed E-state index contributed by atoms with van der Waals surface area (Å²) in [5.74, 6) is 0. The van der Waals surface area contributed by atoms with Crippen molar-refractivity contribution in [2.45, 2.75) is 44.6 Å². The number of benzene rings is 1. The third kappa shape index (κ3) is 4.62. The molecule has 2 aromatic rings. The van der Waals surface area contributed by atoms with Crippen molar-refractivity contribution in [3.63, 3.8) is 0 Å². The molecule has 0 N–H and O–H groups in total. The molecule has 0 aliphatic carbocycles.